The molecule has 6 heteroatoms. The molecule has 0 bridgehead atoms. The molecule has 1 aromatic heterocycles. The third-order valence-corrected chi connectivity index (χ3v) is 1.27. The van der Waals surface area contributed by atoms with Crippen LogP contribution in [-0.2, 0) is 0 Å². The van der Waals surface area contributed by atoms with Gasteiger partial charge in [-0.3, -0.25) is 0 Å². The second-order valence-corrected chi connectivity index (χ2v) is 2.18. The van der Waals surface area contributed by atoms with Crippen molar-refractivity contribution in [3.63, 3.8) is 0 Å². The topological polar surface area (TPSA) is 53.4 Å². The number of pyridine rings is 1. The summed E-state index contributed by atoms with van der Waals surface area (Å²) in [6.45, 7) is 0. The fourth-order valence-corrected chi connectivity index (χ4v) is 0.652. The summed E-state index contributed by atoms with van der Waals surface area (Å²) in [5.74, 6) is 0. The van der Waals surface area contributed by atoms with Gasteiger partial charge in [-0.1, -0.05) is 17.7 Å². The summed E-state index contributed by atoms with van der Waals surface area (Å²) in [4.78, 5) is 3.65. The average molecular weight is 197 g/mol. The van der Waals surface area contributed by atoms with Gasteiger partial charge in [0.05, 0.1) is 0 Å². The average Bonchev–Trinajstić information content (AvgIpc) is 1.88. The van der Waals surface area contributed by atoms with Gasteiger partial charge in [-0.2, -0.15) is 0 Å². The second kappa shape index (κ2) is 5.35. The smallest absolute Gasteiger partial charge is 0.423 e. The van der Waals surface area contributed by atoms with Gasteiger partial charge in [-0.15, -0.1) is 0 Å². The molecular weight excluding hydrogens is 192 g/mol. The zero-order valence-corrected chi connectivity index (χ0v) is 6.85. The quantitative estimate of drug-likeness (QED) is 0.467. The molecule has 60 valence electrons. The number of hydrogen-bond donors (Lipinski definition) is 2. The molecule has 0 radical (unpaired) electrons. The van der Waals surface area contributed by atoms with E-state index < -0.39 is 7.12 Å². The van der Waals surface area contributed by atoms with Crippen molar-refractivity contribution in [3.8, 4) is 0 Å². The standard InChI is InChI=1S/C5H5BClNO2.Ar/c7-5-2-1-4(3-8-5)6(9)10;/h1-3,9-10H;. The van der Waals surface area contributed by atoms with E-state index in [9.17, 15) is 0 Å². The Labute approximate surface area is 99.6 Å². The first-order valence-electron chi connectivity index (χ1n) is 2.68. The Hall–Kier alpha value is 0.685. The molecule has 1 heterocycles. The van der Waals surface area contributed by atoms with E-state index in [2.05, 4.69) is 4.98 Å². The van der Waals surface area contributed by atoms with Crippen molar-refractivity contribution < 1.29 is 47.8 Å². The fraction of sp³-hybridized carbons (Fsp3) is 0. The SMILES string of the molecule is OB(O)c1ccc(Cl)nc1.[Ar]. The minimum atomic E-state index is -1.47. The van der Waals surface area contributed by atoms with Gasteiger partial charge in [0.2, 0.25) is 0 Å². The van der Waals surface area contributed by atoms with Gasteiger partial charge in [0.15, 0.2) is 0 Å². The van der Waals surface area contributed by atoms with Crippen molar-refractivity contribution in [1.29, 1.82) is 0 Å². The molecule has 11 heavy (non-hydrogen) atoms. The maximum Gasteiger partial charge on any atom is 0.490 e. The van der Waals surface area contributed by atoms with Gasteiger partial charge in [0.1, 0.15) is 5.15 Å². The molecule has 2 N–H and O–H groups in total. The van der Waals surface area contributed by atoms with Crippen LogP contribution in [0.4, 0.5) is 0 Å². The molecule has 3 nitrogen and oxygen atoms in total. The second-order valence-electron chi connectivity index (χ2n) is 1.79. The van der Waals surface area contributed by atoms with Crippen LogP contribution in [0.15, 0.2) is 18.3 Å². The van der Waals surface area contributed by atoms with E-state index in [0.717, 1.165) is 0 Å². The zero-order valence-electron chi connectivity index (χ0n) is 5.38. The Kier molecular flexibility index (Phi) is 5.68. The molecule has 0 saturated heterocycles. The Bertz CT molecular complexity index is 218. The first kappa shape index (κ1) is 11.7. The first-order chi connectivity index (χ1) is 4.70. The summed E-state index contributed by atoms with van der Waals surface area (Å²) in [5, 5.41) is 17.5. The van der Waals surface area contributed by atoms with Crippen molar-refractivity contribution in [1.82, 2.24) is 4.98 Å². The van der Waals surface area contributed by atoms with Crippen molar-refractivity contribution in [2.75, 3.05) is 0 Å². The Morgan fingerprint density at radius 1 is 1.36 bits per heavy atom. The normalized spacial score (nSPS) is 8.64. The molecular formula is C5H5ArBClNO2. The molecule has 0 aliphatic heterocycles. The van der Waals surface area contributed by atoms with Crippen LogP contribution >= 0.6 is 11.6 Å². The van der Waals surface area contributed by atoms with Crippen LogP contribution in [0.1, 0.15) is 0 Å². The van der Waals surface area contributed by atoms with Crippen LogP contribution in [0.2, 0.25) is 5.15 Å². The first-order valence-corrected chi connectivity index (χ1v) is 3.05. The van der Waals surface area contributed by atoms with Crippen LogP contribution in [0.25, 0.3) is 0 Å². The predicted octanol–water partition coefficient (Wildman–Crippen LogP) is -0.585. The number of halogens is 1. The zero-order chi connectivity index (χ0) is 7.56. The van der Waals surface area contributed by atoms with E-state index >= 15 is 0 Å². The van der Waals surface area contributed by atoms with Gasteiger partial charge in [-0.25, -0.2) is 4.98 Å². The Morgan fingerprint density at radius 3 is 2.36 bits per heavy atom. The van der Waals surface area contributed by atoms with Gasteiger partial charge >= 0.3 is 7.12 Å². The summed E-state index contributed by atoms with van der Waals surface area (Å²) in [6, 6.07) is 3.00. The molecule has 0 fully saturated rings. The van der Waals surface area contributed by atoms with E-state index in [0.29, 0.717) is 10.6 Å². The number of aromatic nitrogens is 1. The van der Waals surface area contributed by atoms with Gasteiger partial charge in [0.25, 0.3) is 0 Å². The van der Waals surface area contributed by atoms with Crippen LogP contribution in [0, 0.1) is 37.7 Å². The van der Waals surface area contributed by atoms with Crippen LogP contribution in [-0.4, -0.2) is 22.2 Å². The summed E-state index contributed by atoms with van der Waals surface area (Å²) >= 11 is 5.44. The molecule has 0 unspecified atom stereocenters. The predicted molar refractivity (Wildman–Crippen MR) is 39.1 cm³/mol. The maximum absolute atomic E-state index is 8.59. The minimum absolute atomic E-state index is 0. The number of rotatable bonds is 1. The minimum Gasteiger partial charge on any atom is -0.423 e. The molecule has 0 spiro atoms. The number of nitrogens with zero attached hydrogens (tertiary/aromatic N) is 1. The van der Waals surface area contributed by atoms with Crippen LogP contribution < -0.4 is 5.46 Å². The molecule has 1 rings (SSSR count). The summed E-state index contributed by atoms with van der Waals surface area (Å²) in [5.41, 5.74) is 0.337. The molecule has 0 aliphatic rings. The third kappa shape index (κ3) is 3.74. The van der Waals surface area contributed by atoms with E-state index in [1.807, 2.05) is 0 Å². The van der Waals surface area contributed by atoms with E-state index in [1.165, 1.54) is 18.3 Å². The van der Waals surface area contributed by atoms with Gasteiger partial charge in [-0.05, 0) is 6.07 Å². The maximum atomic E-state index is 8.59. The summed E-state index contributed by atoms with van der Waals surface area (Å²) in [7, 11) is -1.47. The summed E-state index contributed by atoms with van der Waals surface area (Å²) in [6.07, 6.45) is 1.31. The summed E-state index contributed by atoms with van der Waals surface area (Å²) < 4.78 is 0. The van der Waals surface area contributed by atoms with E-state index in [-0.39, 0.29) is 37.7 Å². The monoisotopic (exact) mass is 197 g/mol. The van der Waals surface area contributed by atoms with Crippen molar-refractivity contribution in [3.05, 3.63) is 23.5 Å². The Balaban J connectivity index is 0.000001000. The Morgan fingerprint density at radius 2 is 2.00 bits per heavy atom. The van der Waals surface area contributed by atoms with Crippen molar-refractivity contribution in [2.45, 2.75) is 0 Å². The molecule has 0 saturated carbocycles. The largest absolute Gasteiger partial charge is 0.490 e. The molecule has 0 aromatic carbocycles. The van der Waals surface area contributed by atoms with Crippen molar-refractivity contribution in [2.24, 2.45) is 0 Å². The van der Waals surface area contributed by atoms with E-state index in [1.54, 1.807) is 0 Å². The molecule has 1 aromatic rings. The fourth-order valence-electron chi connectivity index (χ4n) is 0.540. The molecule has 0 atom stereocenters. The number of hydrogen-bond acceptors (Lipinski definition) is 3. The third-order valence-electron chi connectivity index (χ3n) is 1.05. The van der Waals surface area contributed by atoms with Gasteiger partial charge < -0.3 is 10.0 Å². The van der Waals surface area contributed by atoms with Gasteiger partial charge in [0, 0.05) is 49.4 Å². The van der Waals surface area contributed by atoms with Crippen LogP contribution in [0.5, 0.6) is 0 Å². The molecule has 0 aliphatic carbocycles. The van der Waals surface area contributed by atoms with E-state index in [4.69, 9.17) is 21.6 Å². The molecule has 0 amide bonds. The van der Waals surface area contributed by atoms with Crippen LogP contribution in [0.3, 0.4) is 0 Å². The van der Waals surface area contributed by atoms with Crippen molar-refractivity contribution >= 4 is 24.2 Å².